The largest absolute Gasteiger partial charge is 0.465 e. The molecule has 140 valence electrons. The normalized spacial score (nSPS) is 20.3. The molecule has 3 atom stereocenters. The van der Waals surface area contributed by atoms with Crippen molar-refractivity contribution in [3.63, 3.8) is 0 Å². The van der Waals surface area contributed by atoms with Gasteiger partial charge in [0.05, 0.1) is 12.2 Å². The number of hydrogen-bond donors (Lipinski definition) is 0. The van der Waals surface area contributed by atoms with E-state index in [0.29, 0.717) is 5.56 Å². The van der Waals surface area contributed by atoms with E-state index in [1.807, 2.05) is 0 Å². The molecule has 0 radical (unpaired) electrons. The predicted octanol–water partition coefficient (Wildman–Crippen LogP) is 3.01. The molecular weight excluding hydrogens is 350 g/mol. The topological polar surface area (TPSA) is 95.7 Å². The number of rotatable bonds is 6. The fourth-order valence-electron chi connectivity index (χ4n) is 3.50. The van der Waals surface area contributed by atoms with Gasteiger partial charge in [0, 0.05) is 11.8 Å². The highest BCUT2D eigenvalue weighted by molar-refractivity contribution is 6.20. The zero-order valence-electron chi connectivity index (χ0n) is 15.0. The summed E-state index contributed by atoms with van der Waals surface area (Å²) >= 11 is 0. The van der Waals surface area contributed by atoms with Crippen molar-refractivity contribution in [2.24, 2.45) is 0 Å². The highest BCUT2D eigenvalue weighted by atomic mass is 16.6. The van der Waals surface area contributed by atoms with Gasteiger partial charge in [-0.2, -0.15) is 0 Å². The van der Waals surface area contributed by atoms with E-state index in [0.717, 1.165) is 0 Å². The lowest BCUT2D eigenvalue weighted by Crippen LogP contribution is -2.57. The first-order chi connectivity index (χ1) is 12.9. The summed E-state index contributed by atoms with van der Waals surface area (Å²) in [4.78, 5) is 37.5. The molecule has 7 nitrogen and oxygen atoms in total. The van der Waals surface area contributed by atoms with Gasteiger partial charge in [0.25, 0.3) is 5.60 Å². The SMILES string of the molecule is CCOC(=O)[C@]1([C@@H](c2ccccc2)C(C)[N+](=O)[O-])Oc2ccccc2C1=O. The number of nitrogens with zero attached hydrogens (tertiary/aromatic N) is 1. The average Bonchev–Trinajstić information content (AvgIpc) is 2.97. The number of esters is 1. The molecule has 0 spiro atoms. The van der Waals surface area contributed by atoms with Crippen LogP contribution in [0, 0.1) is 10.1 Å². The standard InChI is InChI=1S/C20H19NO6/c1-3-26-19(23)20(18(22)15-11-7-8-12-16(15)27-20)17(13(2)21(24)25)14-9-5-4-6-10-14/h4-13,17H,3H2,1-2H3/t13?,17-,20-/m1/s1. The third-order valence-corrected chi connectivity index (χ3v) is 4.73. The first-order valence-electron chi connectivity index (χ1n) is 8.62. The van der Waals surface area contributed by atoms with E-state index < -0.39 is 34.2 Å². The molecule has 0 N–H and O–H groups in total. The molecule has 1 unspecified atom stereocenters. The Morgan fingerprint density at radius 2 is 1.81 bits per heavy atom. The van der Waals surface area contributed by atoms with Crippen LogP contribution in [0.1, 0.15) is 35.7 Å². The van der Waals surface area contributed by atoms with Crippen molar-refractivity contribution in [1.29, 1.82) is 0 Å². The van der Waals surface area contributed by atoms with E-state index in [1.54, 1.807) is 55.5 Å². The molecule has 1 aliphatic heterocycles. The van der Waals surface area contributed by atoms with Crippen LogP contribution in [-0.2, 0) is 9.53 Å². The smallest absolute Gasteiger partial charge is 0.359 e. The molecule has 0 amide bonds. The van der Waals surface area contributed by atoms with Gasteiger partial charge in [-0.05, 0) is 24.6 Å². The van der Waals surface area contributed by atoms with Gasteiger partial charge in [0.1, 0.15) is 11.7 Å². The lowest BCUT2D eigenvalue weighted by molar-refractivity contribution is -0.524. The summed E-state index contributed by atoms with van der Waals surface area (Å²) in [5.41, 5.74) is -1.48. The maximum atomic E-state index is 13.3. The fourth-order valence-corrected chi connectivity index (χ4v) is 3.50. The monoisotopic (exact) mass is 369 g/mol. The van der Waals surface area contributed by atoms with Crippen LogP contribution in [0.25, 0.3) is 0 Å². The molecule has 1 aliphatic rings. The molecule has 0 saturated heterocycles. The first-order valence-corrected chi connectivity index (χ1v) is 8.62. The van der Waals surface area contributed by atoms with Gasteiger partial charge in [-0.25, -0.2) is 4.79 Å². The predicted molar refractivity (Wildman–Crippen MR) is 96.4 cm³/mol. The molecule has 2 aromatic carbocycles. The second-order valence-corrected chi connectivity index (χ2v) is 6.30. The van der Waals surface area contributed by atoms with Gasteiger partial charge in [-0.15, -0.1) is 0 Å². The van der Waals surface area contributed by atoms with Crippen LogP contribution in [-0.4, -0.2) is 34.9 Å². The molecule has 0 aromatic heterocycles. The Morgan fingerprint density at radius 1 is 1.19 bits per heavy atom. The molecule has 7 heteroatoms. The first kappa shape index (κ1) is 18.6. The molecule has 3 rings (SSSR count). The van der Waals surface area contributed by atoms with Crippen LogP contribution in [0.2, 0.25) is 0 Å². The van der Waals surface area contributed by atoms with E-state index in [9.17, 15) is 19.7 Å². The summed E-state index contributed by atoms with van der Waals surface area (Å²) in [7, 11) is 0. The number of hydrogen-bond acceptors (Lipinski definition) is 6. The second kappa shape index (κ2) is 7.19. The van der Waals surface area contributed by atoms with Crippen LogP contribution >= 0.6 is 0 Å². The van der Waals surface area contributed by atoms with Crippen LogP contribution in [0.15, 0.2) is 54.6 Å². The number of Topliss-reactive ketones (excluding diaryl/α,β-unsaturated/α-hetero) is 1. The number of ether oxygens (including phenoxy) is 2. The van der Waals surface area contributed by atoms with E-state index in [4.69, 9.17) is 9.47 Å². The number of carbonyl (C=O) groups excluding carboxylic acids is 2. The molecule has 0 saturated carbocycles. The van der Waals surface area contributed by atoms with Gasteiger partial charge >= 0.3 is 5.97 Å². The molecular formula is C20H19NO6. The molecule has 0 bridgehead atoms. The number of carbonyl (C=O) groups is 2. The number of benzene rings is 2. The quantitative estimate of drug-likeness (QED) is 0.336. The van der Waals surface area contributed by atoms with Crippen molar-refractivity contribution in [3.8, 4) is 5.75 Å². The summed E-state index contributed by atoms with van der Waals surface area (Å²) in [6, 6.07) is 13.6. The van der Waals surface area contributed by atoms with Gasteiger partial charge in [-0.3, -0.25) is 14.9 Å². The summed E-state index contributed by atoms with van der Waals surface area (Å²) in [5.74, 6) is -2.49. The van der Waals surface area contributed by atoms with Crippen molar-refractivity contribution < 1.29 is 24.0 Å². The van der Waals surface area contributed by atoms with Crippen LogP contribution in [0.5, 0.6) is 5.75 Å². The van der Waals surface area contributed by atoms with E-state index >= 15 is 0 Å². The average molecular weight is 369 g/mol. The van der Waals surface area contributed by atoms with Gasteiger partial charge in [0.2, 0.25) is 11.8 Å². The Morgan fingerprint density at radius 3 is 2.41 bits per heavy atom. The minimum Gasteiger partial charge on any atom is -0.465 e. The number of fused-ring (bicyclic) bond motifs is 1. The molecule has 27 heavy (non-hydrogen) atoms. The Bertz CT molecular complexity index is 881. The Kier molecular flexibility index (Phi) is 4.94. The maximum absolute atomic E-state index is 13.3. The minimum atomic E-state index is -2.15. The molecule has 0 aliphatic carbocycles. The van der Waals surface area contributed by atoms with Crippen molar-refractivity contribution in [3.05, 3.63) is 75.8 Å². The summed E-state index contributed by atoms with van der Waals surface area (Å²) in [6.45, 7) is 2.98. The van der Waals surface area contributed by atoms with Gasteiger partial charge < -0.3 is 9.47 Å². The minimum absolute atomic E-state index is 0.0158. The summed E-state index contributed by atoms with van der Waals surface area (Å²) < 4.78 is 11.0. The van der Waals surface area contributed by atoms with E-state index in [1.165, 1.54) is 13.0 Å². The lowest BCUT2D eigenvalue weighted by Gasteiger charge is -2.33. The van der Waals surface area contributed by atoms with Crippen molar-refractivity contribution in [2.45, 2.75) is 31.4 Å². The van der Waals surface area contributed by atoms with Crippen LogP contribution in [0.4, 0.5) is 0 Å². The van der Waals surface area contributed by atoms with E-state index in [-0.39, 0.29) is 17.9 Å². The van der Waals surface area contributed by atoms with Crippen molar-refractivity contribution in [1.82, 2.24) is 0 Å². The fraction of sp³-hybridized carbons (Fsp3) is 0.300. The second-order valence-electron chi connectivity index (χ2n) is 6.30. The third-order valence-electron chi connectivity index (χ3n) is 4.73. The van der Waals surface area contributed by atoms with Crippen molar-refractivity contribution >= 4 is 11.8 Å². The summed E-state index contributed by atoms with van der Waals surface area (Å²) in [5, 5.41) is 11.7. The lowest BCUT2D eigenvalue weighted by atomic mass is 9.74. The number of para-hydroxylation sites is 1. The highest BCUT2D eigenvalue weighted by Gasteiger charge is 2.64. The van der Waals surface area contributed by atoms with E-state index in [2.05, 4.69) is 0 Å². The zero-order valence-corrected chi connectivity index (χ0v) is 15.0. The Labute approximate surface area is 156 Å². The van der Waals surface area contributed by atoms with Gasteiger partial charge in [0.15, 0.2) is 0 Å². The number of nitro groups is 1. The molecule has 0 fully saturated rings. The Balaban J connectivity index is 2.24. The van der Waals surface area contributed by atoms with Crippen molar-refractivity contribution in [2.75, 3.05) is 6.61 Å². The highest BCUT2D eigenvalue weighted by Crippen LogP contribution is 2.46. The zero-order chi connectivity index (χ0) is 19.6. The summed E-state index contributed by atoms with van der Waals surface area (Å²) in [6.07, 6.45) is 0. The van der Waals surface area contributed by atoms with Crippen LogP contribution in [0.3, 0.4) is 0 Å². The van der Waals surface area contributed by atoms with Gasteiger partial charge in [-0.1, -0.05) is 42.5 Å². The number of ketones is 1. The molecule has 1 heterocycles. The molecule has 2 aromatic rings. The Hall–Kier alpha value is -3.22. The maximum Gasteiger partial charge on any atom is 0.359 e. The van der Waals surface area contributed by atoms with Crippen LogP contribution < -0.4 is 4.74 Å². The third kappa shape index (κ3) is 2.95.